The van der Waals surface area contributed by atoms with Crippen molar-refractivity contribution in [1.82, 2.24) is 19.8 Å². The Hall–Kier alpha value is -2.85. The van der Waals surface area contributed by atoms with E-state index in [-0.39, 0.29) is 17.5 Å². The largest absolute Gasteiger partial charge is 0.497 e. The summed E-state index contributed by atoms with van der Waals surface area (Å²) in [5.74, 6) is 0.330. The molecule has 0 saturated carbocycles. The van der Waals surface area contributed by atoms with E-state index in [0.29, 0.717) is 35.1 Å². The minimum atomic E-state index is -0.595. The molecule has 178 valence electrons. The fourth-order valence-corrected chi connectivity index (χ4v) is 6.82. The van der Waals surface area contributed by atoms with Crippen molar-refractivity contribution >= 4 is 45.3 Å². The summed E-state index contributed by atoms with van der Waals surface area (Å²) in [7, 11) is 1.58. The highest BCUT2D eigenvalue weighted by molar-refractivity contribution is 8.00. The number of fused-ring (bicyclic) bond motifs is 3. The minimum Gasteiger partial charge on any atom is -0.497 e. The first-order valence-corrected chi connectivity index (χ1v) is 13.1. The molecule has 3 heterocycles. The number of thioether (sulfide) groups is 1. The quantitative estimate of drug-likeness (QED) is 0.327. The van der Waals surface area contributed by atoms with E-state index in [9.17, 15) is 14.4 Å². The molecule has 10 heteroatoms. The van der Waals surface area contributed by atoms with Crippen LogP contribution in [-0.2, 0) is 17.6 Å². The number of hydrogen-bond donors (Lipinski definition) is 1. The lowest BCUT2D eigenvalue weighted by Gasteiger charge is -2.19. The average molecular weight is 499 g/mol. The number of nitrogens with one attached hydrogen (secondary N) is 1. The summed E-state index contributed by atoms with van der Waals surface area (Å²) in [6.07, 6.45) is 5.20. The first kappa shape index (κ1) is 22.9. The number of hydrogen-bond acceptors (Lipinski definition) is 7. The Bertz CT molecular complexity index is 1330. The lowest BCUT2D eigenvalue weighted by molar-refractivity contribution is -0.126. The molecule has 0 radical (unpaired) electrons. The van der Waals surface area contributed by atoms with Crippen molar-refractivity contribution in [2.45, 2.75) is 49.4 Å². The van der Waals surface area contributed by atoms with Crippen molar-refractivity contribution < 1.29 is 14.3 Å². The summed E-state index contributed by atoms with van der Waals surface area (Å²) in [5.41, 5.74) is 1.63. The van der Waals surface area contributed by atoms with Crippen molar-refractivity contribution in [3.63, 3.8) is 0 Å². The van der Waals surface area contributed by atoms with Crippen LogP contribution in [0.3, 0.4) is 0 Å². The third kappa shape index (κ3) is 4.09. The number of carbonyl (C=O) groups excluding carboxylic acids is 2. The number of aryl methyl sites for hydroxylation is 2. The van der Waals surface area contributed by atoms with Crippen molar-refractivity contribution in [2.75, 3.05) is 20.2 Å². The molecule has 0 bridgehead atoms. The summed E-state index contributed by atoms with van der Waals surface area (Å²) in [5, 5.41) is 3.18. The second-order valence-electron chi connectivity index (χ2n) is 8.46. The van der Waals surface area contributed by atoms with Gasteiger partial charge in [-0.1, -0.05) is 24.2 Å². The molecule has 5 rings (SSSR count). The maximum Gasteiger partial charge on any atom is 0.324 e. The second-order valence-corrected chi connectivity index (χ2v) is 10.9. The summed E-state index contributed by atoms with van der Waals surface area (Å²) in [6.45, 7) is 2.53. The van der Waals surface area contributed by atoms with Gasteiger partial charge in [0.2, 0.25) is 5.91 Å². The fourth-order valence-electron chi connectivity index (χ4n) is 4.53. The Morgan fingerprint density at radius 3 is 2.82 bits per heavy atom. The first-order valence-electron chi connectivity index (χ1n) is 11.5. The molecule has 1 aliphatic carbocycles. The molecule has 1 atom stereocenters. The summed E-state index contributed by atoms with van der Waals surface area (Å²) < 4.78 is 6.97. The molecular weight excluding hydrogens is 472 g/mol. The van der Waals surface area contributed by atoms with E-state index in [0.717, 1.165) is 42.5 Å². The molecule has 3 amide bonds. The van der Waals surface area contributed by atoms with E-state index in [1.165, 1.54) is 21.5 Å². The molecule has 1 N–H and O–H groups in total. The normalized spacial score (nSPS) is 16.8. The van der Waals surface area contributed by atoms with Crippen LogP contribution in [0.25, 0.3) is 15.9 Å². The Kier molecular flexibility index (Phi) is 6.35. The number of urea groups is 1. The Labute approximate surface area is 205 Å². The third-order valence-electron chi connectivity index (χ3n) is 6.27. The van der Waals surface area contributed by atoms with Gasteiger partial charge in [0, 0.05) is 24.0 Å². The van der Waals surface area contributed by atoms with Crippen LogP contribution < -0.4 is 15.6 Å². The van der Waals surface area contributed by atoms with E-state index in [2.05, 4.69) is 5.32 Å². The van der Waals surface area contributed by atoms with Crippen LogP contribution in [-0.4, -0.2) is 51.8 Å². The molecule has 3 aromatic rings. The molecule has 1 aliphatic heterocycles. The van der Waals surface area contributed by atoms with E-state index >= 15 is 0 Å². The van der Waals surface area contributed by atoms with Crippen molar-refractivity contribution in [3.05, 3.63) is 45.1 Å². The van der Waals surface area contributed by atoms with Crippen molar-refractivity contribution in [2.24, 2.45) is 0 Å². The predicted octanol–water partition coefficient (Wildman–Crippen LogP) is 3.76. The zero-order valence-corrected chi connectivity index (χ0v) is 20.8. The van der Waals surface area contributed by atoms with Gasteiger partial charge in [0.15, 0.2) is 5.16 Å². The number of thiophene rings is 1. The van der Waals surface area contributed by atoms with Crippen LogP contribution in [0.2, 0.25) is 0 Å². The van der Waals surface area contributed by atoms with Crippen LogP contribution in [0.1, 0.15) is 36.6 Å². The number of benzene rings is 1. The fraction of sp³-hybridized carbons (Fsp3) is 0.417. The van der Waals surface area contributed by atoms with Gasteiger partial charge in [0.05, 0.1) is 23.4 Å². The smallest absolute Gasteiger partial charge is 0.324 e. The number of methoxy groups -OCH3 is 1. The molecule has 1 fully saturated rings. The van der Waals surface area contributed by atoms with Gasteiger partial charge in [0.25, 0.3) is 5.56 Å². The molecule has 2 aliphatic rings. The van der Waals surface area contributed by atoms with Gasteiger partial charge in [0.1, 0.15) is 10.6 Å². The number of carbonyl (C=O) groups is 2. The average Bonchev–Trinajstić information content (AvgIpc) is 3.34. The van der Waals surface area contributed by atoms with Crippen LogP contribution in [0.15, 0.2) is 34.2 Å². The van der Waals surface area contributed by atoms with E-state index in [1.54, 1.807) is 36.0 Å². The molecule has 0 spiro atoms. The van der Waals surface area contributed by atoms with Gasteiger partial charge in [-0.3, -0.25) is 19.1 Å². The summed E-state index contributed by atoms with van der Waals surface area (Å²) in [6, 6.07) is 6.91. The highest BCUT2D eigenvalue weighted by Crippen LogP contribution is 2.35. The highest BCUT2D eigenvalue weighted by atomic mass is 32.2. The van der Waals surface area contributed by atoms with Gasteiger partial charge in [-0.05, 0) is 50.3 Å². The van der Waals surface area contributed by atoms with Gasteiger partial charge < -0.3 is 10.1 Å². The van der Waals surface area contributed by atoms with Crippen LogP contribution in [0, 0.1) is 0 Å². The molecule has 1 aromatic carbocycles. The van der Waals surface area contributed by atoms with Gasteiger partial charge in [-0.15, -0.1) is 11.3 Å². The summed E-state index contributed by atoms with van der Waals surface area (Å²) >= 11 is 2.79. The summed E-state index contributed by atoms with van der Waals surface area (Å²) in [4.78, 5) is 47.0. The van der Waals surface area contributed by atoms with Gasteiger partial charge in [-0.25, -0.2) is 9.78 Å². The van der Waals surface area contributed by atoms with Crippen LogP contribution >= 0.6 is 23.1 Å². The predicted molar refractivity (Wildman–Crippen MR) is 133 cm³/mol. The Morgan fingerprint density at radius 2 is 2.06 bits per heavy atom. The monoisotopic (exact) mass is 498 g/mol. The SMILES string of the molecule is COc1cccc(-n2c(SC(C)C(=O)N3CCNC3=O)nc3sc4c(c3c2=O)CCCCC4)c1. The number of amides is 3. The second kappa shape index (κ2) is 9.42. The van der Waals surface area contributed by atoms with Crippen LogP contribution in [0.4, 0.5) is 4.79 Å². The van der Waals surface area contributed by atoms with E-state index in [1.807, 2.05) is 18.2 Å². The maximum absolute atomic E-state index is 14.0. The maximum atomic E-state index is 14.0. The first-order chi connectivity index (χ1) is 16.5. The number of rotatable bonds is 5. The van der Waals surface area contributed by atoms with E-state index < -0.39 is 5.25 Å². The van der Waals surface area contributed by atoms with Gasteiger partial charge >= 0.3 is 6.03 Å². The number of aromatic nitrogens is 2. The molecule has 1 unspecified atom stereocenters. The number of ether oxygens (including phenoxy) is 1. The lowest BCUT2D eigenvalue weighted by atomic mass is 10.1. The topological polar surface area (TPSA) is 93.5 Å². The zero-order valence-electron chi connectivity index (χ0n) is 19.1. The molecule has 2 aromatic heterocycles. The van der Waals surface area contributed by atoms with Crippen molar-refractivity contribution in [3.8, 4) is 11.4 Å². The number of imide groups is 1. The molecule has 8 nitrogen and oxygen atoms in total. The van der Waals surface area contributed by atoms with E-state index in [4.69, 9.17) is 9.72 Å². The van der Waals surface area contributed by atoms with Crippen LogP contribution in [0.5, 0.6) is 5.75 Å². The lowest BCUT2D eigenvalue weighted by Crippen LogP contribution is -2.39. The Balaban J connectivity index is 1.64. The standard InChI is InChI=1S/C24H26N4O4S2/c1-14(21(29)27-12-11-25-23(27)31)33-24-26-20-19(17-9-4-3-5-10-18(17)34-20)22(30)28(24)15-7-6-8-16(13-15)32-2/h6-8,13-14H,3-5,9-12H2,1-2H3,(H,25,31). The molecule has 1 saturated heterocycles. The molecular formula is C24H26N4O4S2. The Morgan fingerprint density at radius 1 is 1.24 bits per heavy atom. The van der Waals surface area contributed by atoms with Crippen molar-refractivity contribution in [1.29, 1.82) is 0 Å². The zero-order chi connectivity index (χ0) is 23.8. The highest BCUT2D eigenvalue weighted by Gasteiger charge is 2.32. The minimum absolute atomic E-state index is 0.126. The third-order valence-corrected chi connectivity index (χ3v) is 8.50. The van der Waals surface area contributed by atoms with Gasteiger partial charge in [-0.2, -0.15) is 0 Å². The molecule has 34 heavy (non-hydrogen) atoms. The number of nitrogens with zero attached hydrogens (tertiary/aromatic N) is 3.